The highest BCUT2D eigenvalue weighted by atomic mass is 16.3. The fraction of sp³-hybridized carbons (Fsp3) is 0.208. The number of hydrogen-bond donors (Lipinski definition) is 0. The lowest BCUT2D eigenvalue weighted by atomic mass is 9.89. The molecule has 2 aromatic carbocycles. The van der Waals surface area contributed by atoms with Crippen LogP contribution in [-0.4, -0.2) is 15.8 Å². The third kappa shape index (κ3) is 3.22. The highest BCUT2D eigenvalue weighted by Crippen LogP contribution is 2.25. The summed E-state index contributed by atoms with van der Waals surface area (Å²) >= 11 is 0. The quantitative estimate of drug-likeness (QED) is 0.465. The number of hydrogen-bond acceptors (Lipinski definition) is 4. The van der Waals surface area contributed by atoms with Gasteiger partial charge < -0.3 is 4.42 Å². The van der Waals surface area contributed by atoms with Crippen molar-refractivity contribution < 1.29 is 9.21 Å². The van der Waals surface area contributed by atoms with E-state index in [1.165, 1.54) is 30.4 Å². The van der Waals surface area contributed by atoms with Crippen LogP contribution in [0.5, 0.6) is 0 Å². The highest BCUT2D eigenvalue weighted by Gasteiger charge is 2.14. The minimum absolute atomic E-state index is 0.117. The molecule has 0 N–H and O–H groups in total. The first-order valence-electron chi connectivity index (χ1n) is 9.69. The summed E-state index contributed by atoms with van der Waals surface area (Å²) in [4.78, 5) is 21.3. The molecular formula is C24H20N2O2. The molecule has 0 saturated carbocycles. The Kier molecular flexibility index (Phi) is 4.24. The molecule has 0 fully saturated rings. The SMILES string of the molecule is O=C(Cc1cc2cc(-c3cnco3)ccc2cn1)c1ccc2c(c1)CCCC2. The molecular weight excluding hydrogens is 348 g/mol. The number of pyridine rings is 1. The molecule has 0 aliphatic heterocycles. The van der Waals surface area contributed by atoms with Crippen molar-refractivity contribution in [2.24, 2.45) is 0 Å². The number of aromatic nitrogens is 2. The first-order chi connectivity index (χ1) is 13.8. The summed E-state index contributed by atoms with van der Waals surface area (Å²) in [5.74, 6) is 0.844. The van der Waals surface area contributed by atoms with Crippen molar-refractivity contribution in [1.29, 1.82) is 0 Å². The Morgan fingerprint density at radius 3 is 2.68 bits per heavy atom. The first-order valence-corrected chi connectivity index (χ1v) is 9.69. The van der Waals surface area contributed by atoms with Gasteiger partial charge in [0, 0.05) is 28.4 Å². The summed E-state index contributed by atoms with van der Waals surface area (Å²) in [5.41, 5.74) is 5.26. The first kappa shape index (κ1) is 16.9. The van der Waals surface area contributed by atoms with Gasteiger partial charge in [0.25, 0.3) is 0 Å². The van der Waals surface area contributed by atoms with Gasteiger partial charge in [-0.2, -0.15) is 0 Å². The number of fused-ring (bicyclic) bond motifs is 2. The van der Waals surface area contributed by atoms with E-state index in [1.807, 2.05) is 36.5 Å². The maximum Gasteiger partial charge on any atom is 0.181 e. The van der Waals surface area contributed by atoms with Gasteiger partial charge in [0.15, 0.2) is 17.9 Å². The summed E-state index contributed by atoms with van der Waals surface area (Å²) < 4.78 is 5.39. The normalized spacial score (nSPS) is 13.4. The van der Waals surface area contributed by atoms with Crippen molar-refractivity contribution >= 4 is 16.6 Å². The number of rotatable bonds is 4. The zero-order valence-corrected chi connectivity index (χ0v) is 15.5. The maximum atomic E-state index is 12.8. The molecule has 4 nitrogen and oxygen atoms in total. The van der Waals surface area contributed by atoms with Crippen molar-refractivity contribution in [3.63, 3.8) is 0 Å². The van der Waals surface area contributed by atoms with E-state index >= 15 is 0 Å². The second kappa shape index (κ2) is 7.04. The van der Waals surface area contributed by atoms with E-state index in [-0.39, 0.29) is 5.78 Å². The van der Waals surface area contributed by atoms with Crippen LogP contribution in [0.4, 0.5) is 0 Å². The number of benzene rings is 2. The average molecular weight is 368 g/mol. The van der Waals surface area contributed by atoms with Gasteiger partial charge in [-0.1, -0.05) is 24.3 Å². The lowest BCUT2D eigenvalue weighted by Gasteiger charge is -2.16. The molecule has 0 unspecified atom stereocenters. The Morgan fingerprint density at radius 1 is 0.929 bits per heavy atom. The molecule has 0 radical (unpaired) electrons. The van der Waals surface area contributed by atoms with Crippen molar-refractivity contribution in [2.45, 2.75) is 32.1 Å². The molecule has 0 spiro atoms. The molecule has 0 amide bonds. The van der Waals surface area contributed by atoms with E-state index in [0.717, 1.165) is 46.2 Å². The fourth-order valence-corrected chi connectivity index (χ4v) is 3.97. The third-order valence-corrected chi connectivity index (χ3v) is 5.51. The van der Waals surface area contributed by atoms with Crippen LogP contribution in [0.25, 0.3) is 22.1 Å². The second-order valence-corrected chi connectivity index (χ2v) is 7.39. The Bertz CT molecular complexity index is 1160. The number of aryl methyl sites for hydroxylation is 2. The molecule has 1 aliphatic carbocycles. The minimum Gasteiger partial charge on any atom is -0.444 e. The molecule has 0 saturated heterocycles. The summed E-state index contributed by atoms with van der Waals surface area (Å²) in [5, 5.41) is 2.07. The lowest BCUT2D eigenvalue weighted by Crippen LogP contribution is -2.08. The van der Waals surface area contributed by atoms with E-state index in [9.17, 15) is 4.79 Å². The van der Waals surface area contributed by atoms with Gasteiger partial charge in [-0.3, -0.25) is 9.78 Å². The van der Waals surface area contributed by atoms with Crippen LogP contribution in [0.15, 0.2) is 65.7 Å². The van der Waals surface area contributed by atoms with Crippen LogP contribution < -0.4 is 0 Å². The largest absolute Gasteiger partial charge is 0.444 e. The van der Waals surface area contributed by atoms with Crippen LogP contribution in [0.2, 0.25) is 0 Å². The molecule has 2 aromatic heterocycles. The number of ketones is 1. The standard InChI is InChI=1S/C24H20N2O2/c27-23(18-6-5-16-3-1-2-4-17(16)9-18)12-22-11-21-10-19(24-14-25-15-28-24)7-8-20(21)13-26-22/h5-11,13-15H,1-4,12H2. The van der Waals surface area contributed by atoms with Crippen LogP contribution in [0.1, 0.15) is 40.0 Å². The Labute approximate surface area is 163 Å². The summed E-state index contributed by atoms with van der Waals surface area (Å²) in [6.07, 6.45) is 9.92. The van der Waals surface area contributed by atoms with Gasteiger partial charge in [-0.05, 0) is 60.4 Å². The Morgan fingerprint density at radius 2 is 1.82 bits per heavy atom. The molecule has 28 heavy (non-hydrogen) atoms. The predicted molar refractivity (Wildman–Crippen MR) is 108 cm³/mol. The third-order valence-electron chi connectivity index (χ3n) is 5.51. The smallest absolute Gasteiger partial charge is 0.181 e. The predicted octanol–water partition coefficient (Wildman–Crippen LogP) is 5.19. The number of oxazole rings is 1. The molecule has 4 heteroatoms. The number of nitrogens with zero attached hydrogens (tertiary/aromatic N) is 2. The summed E-state index contributed by atoms with van der Waals surface area (Å²) in [6.45, 7) is 0. The molecule has 1 aliphatic rings. The van der Waals surface area contributed by atoms with Crippen molar-refractivity contribution in [2.75, 3.05) is 0 Å². The zero-order chi connectivity index (χ0) is 18.9. The molecule has 5 rings (SSSR count). The maximum absolute atomic E-state index is 12.8. The van der Waals surface area contributed by atoms with E-state index in [0.29, 0.717) is 6.42 Å². The van der Waals surface area contributed by atoms with Gasteiger partial charge in [-0.15, -0.1) is 0 Å². The van der Waals surface area contributed by atoms with Crippen LogP contribution in [0, 0.1) is 0 Å². The molecule has 4 aromatic rings. The van der Waals surface area contributed by atoms with E-state index in [1.54, 1.807) is 6.20 Å². The van der Waals surface area contributed by atoms with E-state index < -0.39 is 0 Å². The molecule has 0 atom stereocenters. The van der Waals surface area contributed by atoms with Gasteiger partial charge in [0.1, 0.15) is 0 Å². The highest BCUT2D eigenvalue weighted by molar-refractivity contribution is 5.98. The number of carbonyl (C=O) groups excluding carboxylic acids is 1. The summed E-state index contributed by atoms with van der Waals surface area (Å²) in [6, 6.07) is 14.2. The minimum atomic E-state index is 0.117. The van der Waals surface area contributed by atoms with Gasteiger partial charge >= 0.3 is 0 Å². The Balaban J connectivity index is 1.42. The number of Topliss-reactive ketones (excluding diaryl/α,β-unsaturated/α-hetero) is 1. The zero-order valence-electron chi connectivity index (χ0n) is 15.5. The number of carbonyl (C=O) groups is 1. The van der Waals surface area contributed by atoms with Gasteiger partial charge in [-0.25, -0.2) is 4.98 Å². The van der Waals surface area contributed by atoms with Crippen LogP contribution in [0.3, 0.4) is 0 Å². The fourth-order valence-electron chi connectivity index (χ4n) is 3.97. The average Bonchev–Trinajstić information content (AvgIpc) is 3.28. The van der Waals surface area contributed by atoms with E-state index in [4.69, 9.17) is 4.42 Å². The van der Waals surface area contributed by atoms with Crippen LogP contribution >= 0.6 is 0 Å². The van der Waals surface area contributed by atoms with Gasteiger partial charge in [0.05, 0.1) is 12.6 Å². The van der Waals surface area contributed by atoms with Crippen molar-refractivity contribution in [1.82, 2.24) is 9.97 Å². The van der Waals surface area contributed by atoms with E-state index in [2.05, 4.69) is 22.1 Å². The van der Waals surface area contributed by atoms with Crippen molar-refractivity contribution in [3.8, 4) is 11.3 Å². The monoisotopic (exact) mass is 368 g/mol. The molecule has 138 valence electrons. The van der Waals surface area contributed by atoms with Gasteiger partial charge in [0.2, 0.25) is 0 Å². The Hall–Kier alpha value is -3.27. The summed E-state index contributed by atoms with van der Waals surface area (Å²) in [7, 11) is 0. The van der Waals surface area contributed by atoms with Crippen LogP contribution in [-0.2, 0) is 19.3 Å². The topological polar surface area (TPSA) is 56.0 Å². The lowest BCUT2D eigenvalue weighted by molar-refractivity contribution is 0.0992. The second-order valence-electron chi connectivity index (χ2n) is 7.39. The molecule has 2 heterocycles. The van der Waals surface area contributed by atoms with Crippen molar-refractivity contribution in [3.05, 3.63) is 83.6 Å². The molecule has 0 bridgehead atoms.